The summed E-state index contributed by atoms with van der Waals surface area (Å²) in [5.74, 6) is 1.82. The molecule has 0 aliphatic carbocycles. The number of hydrogen-bond donors (Lipinski definition) is 1. The molecule has 0 saturated heterocycles. The van der Waals surface area contributed by atoms with E-state index in [-0.39, 0.29) is 11.9 Å². The maximum Gasteiger partial charge on any atom is 0.237 e. The van der Waals surface area contributed by atoms with Gasteiger partial charge in [-0.25, -0.2) is 0 Å². The van der Waals surface area contributed by atoms with Crippen LogP contribution in [0.1, 0.15) is 23.9 Å². The first-order valence-electron chi connectivity index (χ1n) is 8.67. The summed E-state index contributed by atoms with van der Waals surface area (Å²) in [4.78, 5) is 14.7. The molecule has 0 radical (unpaired) electrons. The first kappa shape index (κ1) is 17.9. The summed E-state index contributed by atoms with van der Waals surface area (Å²) in [5.41, 5.74) is 2.60. The average Bonchev–Trinajstić information content (AvgIpc) is 2.97. The lowest BCUT2D eigenvalue weighted by Gasteiger charge is -2.33. The van der Waals surface area contributed by atoms with Crippen LogP contribution in [0.2, 0.25) is 0 Å². The Labute approximate surface area is 153 Å². The number of carbonyl (C=O) groups is 1. The van der Waals surface area contributed by atoms with Gasteiger partial charge >= 0.3 is 0 Å². The zero-order valence-corrected chi connectivity index (χ0v) is 15.8. The van der Waals surface area contributed by atoms with Gasteiger partial charge in [-0.1, -0.05) is 36.0 Å². The summed E-state index contributed by atoms with van der Waals surface area (Å²) in [6, 6.07) is 8.27. The molecule has 0 saturated carbocycles. The van der Waals surface area contributed by atoms with E-state index in [2.05, 4.69) is 50.1 Å². The van der Waals surface area contributed by atoms with E-state index < -0.39 is 0 Å². The number of aromatic nitrogens is 3. The van der Waals surface area contributed by atoms with Gasteiger partial charge in [0, 0.05) is 25.4 Å². The Bertz CT molecular complexity index is 745. The minimum absolute atomic E-state index is 0.0959. The minimum Gasteiger partial charge on any atom is -0.354 e. The molecule has 1 aliphatic heterocycles. The van der Waals surface area contributed by atoms with E-state index in [0.29, 0.717) is 6.54 Å². The fourth-order valence-electron chi connectivity index (χ4n) is 3.21. The van der Waals surface area contributed by atoms with Crippen molar-refractivity contribution >= 4 is 17.7 Å². The van der Waals surface area contributed by atoms with Crippen LogP contribution in [-0.2, 0) is 24.3 Å². The molecule has 3 rings (SSSR count). The number of rotatable bonds is 6. The highest BCUT2D eigenvalue weighted by molar-refractivity contribution is 7.99. The number of benzene rings is 1. The number of fused-ring (bicyclic) bond motifs is 1. The Morgan fingerprint density at radius 2 is 2.08 bits per heavy atom. The first-order chi connectivity index (χ1) is 12.1. The summed E-state index contributed by atoms with van der Waals surface area (Å²) in [5, 5.41) is 12.3. The molecule has 0 fully saturated rings. The van der Waals surface area contributed by atoms with Crippen molar-refractivity contribution < 1.29 is 4.79 Å². The molecule has 7 heteroatoms. The molecule has 0 unspecified atom stereocenters. The van der Waals surface area contributed by atoms with E-state index in [1.165, 1.54) is 11.1 Å². The van der Waals surface area contributed by atoms with E-state index in [1.54, 1.807) is 11.8 Å². The third kappa shape index (κ3) is 4.04. The number of carbonyl (C=O) groups excluding carboxylic acids is 1. The van der Waals surface area contributed by atoms with Crippen LogP contribution < -0.4 is 5.32 Å². The van der Waals surface area contributed by atoms with Gasteiger partial charge in [0.2, 0.25) is 5.91 Å². The summed E-state index contributed by atoms with van der Waals surface area (Å²) < 4.78 is 2.08. The molecular weight excluding hydrogens is 334 g/mol. The Morgan fingerprint density at radius 1 is 1.32 bits per heavy atom. The maximum absolute atomic E-state index is 12.6. The number of likely N-dealkylation sites (N-methyl/N-ethyl adjacent to an activating group) is 1. The molecule has 1 atom stereocenters. The summed E-state index contributed by atoms with van der Waals surface area (Å²) in [6.07, 6.45) is 0.773. The van der Waals surface area contributed by atoms with E-state index in [1.807, 2.05) is 20.0 Å². The van der Waals surface area contributed by atoms with Gasteiger partial charge in [-0.2, -0.15) is 0 Å². The molecule has 2 heterocycles. The van der Waals surface area contributed by atoms with Crippen LogP contribution in [0.15, 0.2) is 29.4 Å². The van der Waals surface area contributed by atoms with Gasteiger partial charge in [0.05, 0.1) is 6.04 Å². The van der Waals surface area contributed by atoms with Crippen LogP contribution in [0.4, 0.5) is 0 Å². The van der Waals surface area contributed by atoms with Crippen molar-refractivity contribution in [2.24, 2.45) is 0 Å². The summed E-state index contributed by atoms with van der Waals surface area (Å²) in [6.45, 7) is 6.35. The van der Waals surface area contributed by atoms with Gasteiger partial charge in [0.25, 0.3) is 0 Å². The Kier molecular flexibility index (Phi) is 5.75. The topological polar surface area (TPSA) is 63.1 Å². The van der Waals surface area contributed by atoms with E-state index in [0.717, 1.165) is 36.2 Å². The zero-order valence-electron chi connectivity index (χ0n) is 15.0. The highest BCUT2D eigenvalue weighted by Gasteiger charge is 2.28. The zero-order chi connectivity index (χ0) is 17.8. The minimum atomic E-state index is -0.0959. The fraction of sp³-hybridized carbons (Fsp3) is 0.500. The van der Waals surface area contributed by atoms with Gasteiger partial charge in [-0.05, 0) is 38.4 Å². The smallest absolute Gasteiger partial charge is 0.237 e. The lowest BCUT2D eigenvalue weighted by Crippen LogP contribution is -2.48. The molecule has 25 heavy (non-hydrogen) atoms. The second kappa shape index (κ2) is 8.01. The third-order valence-electron chi connectivity index (χ3n) is 4.64. The quantitative estimate of drug-likeness (QED) is 0.630. The third-order valence-corrected chi connectivity index (χ3v) is 5.61. The van der Waals surface area contributed by atoms with E-state index >= 15 is 0 Å². The number of hydrogen-bond acceptors (Lipinski definition) is 5. The van der Waals surface area contributed by atoms with Crippen LogP contribution in [0.25, 0.3) is 0 Å². The molecule has 6 nitrogen and oxygen atoms in total. The molecule has 1 aliphatic rings. The maximum atomic E-state index is 12.6. The molecule has 0 spiro atoms. The molecule has 1 amide bonds. The molecule has 1 aromatic carbocycles. The van der Waals surface area contributed by atoms with Crippen LogP contribution in [0.5, 0.6) is 0 Å². The number of nitrogens with zero attached hydrogens (tertiary/aromatic N) is 4. The molecule has 1 aromatic heterocycles. The fourth-order valence-corrected chi connectivity index (χ4v) is 4.12. The van der Waals surface area contributed by atoms with Crippen LogP contribution in [0, 0.1) is 6.92 Å². The SMILES string of the molecule is CCn1c(C)nnc1SCCNC(=O)[C@@H]1Cc2ccccc2CN1C. The normalized spacial score (nSPS) is 17.3. The van der Waals surface area contributed by atoms with Crippen molar-refractivity contribution in [3.8, 4) is 0 Å². The van der Waals surface area contributed by atoms with Crippen molar-refractivity contribution in [3.63, 3.8) is 0 Å². The van der Waals surface area contributed by atoms with Crippen molar-refractivity contribution in [2.75, 3.05) is 19.3 Å². The van der Waals surface area contributed by atoms with E-state index in [4.69, 9.17) is 0 Å². The Morgan fingerprint density at radius 3 is 2.84 bits per heavy atom. The Hall–Kier alpha value is -1.86. The van der Waals surface area contributed by atoms with Crippen molar-refractivity contribution in [1.82, 2.24) is 25.0 Å². The predicted octanol–water partition coefficient (Wildman–Crippen LogP) is 1.87. The Balaban J connectivity index is 1.50. The second-order valence-corrected chi connectivity index (χ2v) is 7.38. The van der Waals surface area contributed by atoms with Crippen LogP contribution in [0.3, 0.4) is 0 Å². The monoisotopic (exact) mass is 359 g/mol. The average molecular weight is 359 g/mol. The van der Waals surface area contributed by atoms with Gasteiger partial charge in [0.15, 0.2) is 5.16 Å². The second-order valence-electron chi connectivity index (χ2n) is 6.32. The molecule has 0 bridgehead atoms. The van der Waals surface area contributed by atoms with Gasteiger partial charge in [0.1, 0.15) is 5.82 Å². The number of aryl methyl sites for hydroxylation is 1. The number of thioether (sulfide) groups is 1. The molecule has 1 N–H and O–H groups in total. The highest BCUT2D eigenvalue weighted by atomic mass is 32.2. The summed E-state index contributed by atoms with van der Waals surface area (Å²) in [7, 11) is 2.02. The van der Waals surface area contributed by atoms with E-state index in [9.17, 15) is 4.79 Å². The lowest BCUT2D eigenvalue weighted by molar-refractivity contribution is -0.126. The number of nitrogens with one attached hydrogen (secondary N) is 1. The van der Waals surface area contributed by atoms with Gasteiger partial charge < -0.3 is 9.88 Å². The van der Waals surface area contributed by atoms with Gasteiger partial charge in [-0.15, -0.1) is 10.2 Å². The van der Waals surface area contributed by atoms with Crippen molar-refractivity contribution in [2.45, 2.75) is 44.6 Å². The predicted molar refractivity (Wildman–Crippen MR) is 99.6 cm³/mol. The molecule has 2 aromatic rings. The van der Waals surface area contributed by atoms with Crippen LogP contribution in [-0.4, -0.2) is 51.0 Å². The lowest BCUT2D eigenvalue weighted by atomic mass is 9.94. The van der Waals surface area contributed by atoms with Gasteiger partial charge in [-0.3, -0.25) is 9.69 Å². The van der Waals surface area contributed by atoms with Crippen molar-refractivity contribution in [1.29, 1.82) is 0 Å². The van der Waals surface area contributed by atoms with Crippen molar-refractivity contribution in [3.05, 3.63) is 41.2 Å². The molecular formula is C18H25N5OS. The highest BCUT2D eigenvalue weighted by Crippen LogP contribution is 2.22. The largest absolute Gasteiger partial charge is 0.354 e. The summed E-state index contributed by atoms with van der Waals surface area (Å²) >= 11 is 1.63. The van der Waals surface area contributed by atoms with Crippen LogP contribution >= 0.6 is 11.8 Å². The first-order valence-corrected chi connectivity index (χ1v) is 9.66. The standard InChI is InChI=1S/C18H25N5OS/c1-4-23-13(2)20-21-18(23)25-10-9-19-17(24)16-11-14-7-5-6-8-15(14)12-22(16)3/h5-8,16H,4,9-12H2,1-3H3,(H,19,24)/t16-/m0/s1. The number of amides is 1. The molecule has 134 valence electrons.